The van der Waals surface area contributed by atoms with Crippen molar-refractivity contribution in [1.82, 2.24) is 4.98 Å². The Balaban J connectivity index is 2.31. The summed E-state index contributed by atoms with van der Waals surface area (Å²) in [6.45, 7) is 0. The number of aromatic nitrogens is 1. The highest BCUT2D eigenvalue weighted by Gasteiger charge is 2.05. The molecule has 2 aromatic rings. The maximum Gasteiger partial charge on any atom is 0.134 e. The molecule has 2 rings (SSSR count). The fourth-order valence-electron chi connectivity index (χ4n) is 1.41. The summed E-state index contributed by atoms with van der Waals surface area (Å²) < 4.78 is 12.8. The molecule has 0 radical (unpaired) electrons. The van der Waals surface area contributed by atoms with Gasteiger partial charge in [-0.05, 0) is 30.3 Å². The van der Waals surface area contributed by atoms with Gasteiger partial charge >= 0.3 is 0 Å². The van der Waals surface area contributed by atoms with E-state index in [1.54, 1.807) is 30.5 Å². The van der Waals surface area contributed by atoms with Gasteiger partial charge in [0.15, 0.2) is 0 Å². The van der Waals surface area contributed by atoms with Crippen LogP contribution in [0.3, 0.4) is 0 Å². The van der Waals surface area contributed by atoms with Crippen molar-refractivity contribution < 1.29 is 4.39 Å². The Labute approximate surface area is 93.3 Å². The van der Waals surface area contributed by atoms with Crippen molar-refractivity contribution in [2.24, 2.45) is 0 Å². The van der Waals surface area contributed by atoms with Crippen LogP contribution in [0.5, 0.6) is 0 Å². The minimum absolute atomic E-state index is 0.252. The Morgan fingerprint density at radius 3 is 2.50 bits per heavy atom. The molecule has 0 amide bonds. The lowest BCUT2D eigenvalue weighted by molar-refractivity contribution is 0.628. The van der Waals surface area contributed by atoms with Gasteiger partial charge in [-0.2, -0.15) is 0 Å². The molecule has 1 heterocycles. The molecule has 3 nitrogen and oxygen atoms in total. The molecule has 0 aliphatic carbocycles. The number of nitrogen functional groups attached to an aromatic ring is 1. The van der Waals surface area contributed by atoms with E-state index in [1.807, 2.05) is 11.9 Å². The number of nitrogens with two attached hydrogens (primary N) is 1. The third kappa shape index (κ3) is 2.11. The highest BCUT2D eigenvalue weighted by molar-refractivity contribution is 5.61. The number of pyridine rings is 1. The van der Waals surface area contributed by atoms with Crippen LogP contribution in [0.15, 0.2) is 42.6 Å². The van der Waals surface area contributed by atoms with Gasteiger partial charge in [0.25, 0.3) is 0 Å². The molecule has 0 saturated heterocycles. The van der Waals surface area contributed by atoms with Crippen LogP contribution in [0.4, 0.5) is 21.6 Å². The van der Waals surface area contributed by atoms with Crippen molar-refractivity contribution in [2.45, 2.75) is 0 Å². The Morgan fingerprint density at radius 2 is 1.88 bits per heavy atom. The molecular formula is C12H12FN3. The van der Waals surface area contributed by atoms with E-state index in [-0.39, 0.29) is 5.82 Å². The zero-order chi connectivity index (χ0) is 11.5. The molecule has 0 unspecified atom stereocenters. The van der Waals surface area contributed by atoms with Crippen molar-refractivity contribution in [3.63, 3.8) is 0 Å². The van der Waals surface area contributed by atoms with E-state index in [9.17, 15) is 4.39 Å². The number of nitrogens with zero attached hydrogens (tertiary/aromatic N) is 2. The third-order valence-electron chi connectivity index (χ3n) is 2.33. The lowest BCUT2D eigenvalue weighted by Gasteiger charge is -2.18. The largest absolute Gasteiger partial charge is 0.399 e. The predicted octanol–water partition coefficient (Wildman–Crippen LogP) is 2.57. The second-order valence-electron chi connectivity index (χ2n) is 3.48. The maximum absolute atomic E-state index is 12.8. The molecule has 0 bridgehead atoms. The molecule has 0 fully saturated rings. The number of benzene rings is 1. The third-order valence-corrected chi connectivity index (χ3v) is 2.33. The Bertz CT molecular complexity index is 482. The van der Waals surface area contributed by atoms with Gasteiger partial charge in [0.05, 0.1) is 0 Å². The van der Waals surface area contributed by atoms with Crippen LogP contribution >= 0.6 is 0 Å². The van der Waals surface area contributed by atoms with Crippen molar-refractivity contribution >= 4 is 17.2 Å². The number of halogens is 1. The maximum atomic E-state index is 12.8. The lowest BCUT2D eigenvalue weighted by Crippen LogP contribution is -2.11. The van der Waals surface area contributed by atoms with Crippen LogP contribution in [0, 0.1) is 5.82 Å². The summed E-state index contributed by atoms with van der Waals surface area (Å²) in [4.78, 5) is 6.03. The summed E-state index contributed by atoms with van der Waals surface area (Å²) in [7, 11) is 1.86. The average Bonchev–Trinajstić information content (AvgIpc) is 2.29. The SMILES string of the molecule is CN(c1ccc(F)cc1)c1cc(N)ccn1. The lowest BCUT2D eigenvalue weighted by atomic mass is 10.3. The number of anilines is 3. The van der Waals surface area contributed by atoms with Gasteiger partial charge < -0.3 is 10.6 Å². The molecule has 0 spiro atoms. The Hall–Kier alpha value is -2.10. The number of hydrogen-bond donors (Lipinski definition) is 1. The topological polar surface area (TPSA) is 42.1 Å². The van der Waals surface area contributed by atoms with Gasteiger partial charge in [-0.15, -0.1) is 0 Å². The zero-order valence-corrected chi connectivity index (χ0v) is 8.89. The first-order valence-electron chi connectivity index (χ1n) is 4.87. The summed E-state index contributed by atoms with van der Waals surface area (Å²) in [6, 6.07) is 9.71. The summed E-state index contributed by atoms with van der Waals surface area (Å²) in [6.07, 6.45) is 1.64. The van der Waals surface area contributed by atoms with Crippen LogP contribution in [0.25, 0.3) is 0 Å². The van der Waals surface area contributed by atoms with Crippen LogP contribution in [0.1, 0.15) is 0 Å². The Morgan fingerprint density at radius 1 is 1.19 bits per heavy atom. The van der Waals surface area contributed by atoms with E-state index in [4.69, 9.17) is 5.73 Å². The second kappa shape index (κ2) is 4.18. The monoisotopic (exact) mass is 217 g/mol. The van der Waals surface area contributed by atoms with Gasteiger partial charge in [0, 0.05) is 30.7 Å². The fourth-order valence-corrected chi connectivity index (χ4v) is 1.41. The van der Waals surface area contributed by atoms with Crippen molar-refractivity contribution in [3.8, 4) is 0 Å². The van der Waals surface area contributed by atoms with Gasteiger partial charge in [0.2, 0.25) is 0 Å². The normalized spacial score (nSPS) is 10.1. The van der Waals surface area contributed by atoms with Crippen molar-refractivity contribution in [2.75, 3.05) is 17.7 Å². The van der Waals surface area contributed by atoms with E-state index in [2.05, 4.69) is 4.98 Å². The molecule has 82 valence electrons. The average molecular weight is 217 g/mol. The first kappa shape index (κ1) is 10.4. The summed E-state index contributed by atoms with van der Waals surface area (Å²) in [5, 5.41) is 0. The molecule has 0 aliphatic heterocycles. The highest BCUT2D eigenvalue weighted by atomic mass is 19.1. The molecule has 2 N–H and O–H groups in total. The molecule has 0 aliphatic rings. The second-order valence-corrected chi connectivity index (χ2v) is 3.48. The van der Waals surface area contributed by atoms with Crippen molar-refractivity contribution in [3.05, 3.63) is 48.4 Å². The van der Waals surface area contributed by atoms with E-state index >= 15 is 0 Å². The Kier molecular flexibility index (Phi) is 2.72. The van der Waals surface area contributed by atoms with Crippen LogP contribution in [0.2, 0.25) is 0 Å². The molecule has 0 saturated carbocycles. The molecule has 0 atom stereocenters. The van der Waals surface area contributed by atoms with E-state index in [1.165, 1.54) is 12.1 Å². The molecular weight excluding hydrogens is 205 g/mol. The van der Waals surface area contributed by atoms with Gasteiger partial charge in [0.1, 0.15) is 11.6 Å². The molecule has 4 heteroatoms. The summed E-state index contributed by atoms with van der Waals surface area (Å²) >= 11 is 0. The number of rotatable bonds is 2. The summed E-state index contributed by atoms with van der Waals surface area (Å²) in [5.74, 6) is 0.476. The fraction of sp³-hybridized carbons (Fsp3) is 0.0833. The molecule has 1 aromatic carbocycles. The zero-order valence-electron chi connectivity index (χ0n) is 8.89. The smallest absolute Gasteiger partial charge is 0.134 e. The molecule has 1 aromatic heterocycles. The van der Waals surface area contributed by atoms with E-state index in [0.717, 1.165) is 11.5 Å². The molecule has 16 heavy (non-hydrogen) atoms. The minimum atomic E-state index is -0.252. The first-order valence-corrected chi connectivity index (χ1v) is 4.87. The van der Waals surface area contributed by atoms with Gasteiger partial charge in [-0.1, -0.05) is 0 Å². The summed E-state index contributed by atoms with van der Waals surface area (Å²) in [5.41, 5.74) is 7.18. The van der Waals surface area contributed by atoms with Crippen LogP contribution in [-0.2, 0) is 0 Å². The van der Waals surface area contributed by atoms with Crippen LogP contribution in [-0.4, -0.2) is 12.0 Å². The quantitative estimate of drug-likeness (QED) is 0.840. The number of hydrogen-bond acceptors (Lipinski definition) is 3. The van der Waals surface area contributed by atoms with E-state index in [0.29, 0.717) is 5.69 Å². The highest BCUT2D eigenvalue weighted by Crippen LogP contribution is 2.22. The van der Waals surface area contributed by atoms with Gasteiger partial charge in [-0.3, -0.25) is 0 Å². The minimum Gasteiger partial charge on any atom is -0.399 e. The standard InChI is InChI=1S/C12H12FN3/c1-16(11-4-2-9(13)3-5-11)12-8-10(14)6-7-15-12/h2-8H,1H3,(H2,14,15). The first-order chi connectivity index (χ1) is 7.66. The van der Waals surface area contributed by atoms with E-state index < -0.39 is 0 Å². The van der Waals surface area contributed by atoms with Gasteiger partial charge in [-0.25, -0.2) is 9.37 Å². The predicted molar refractivity (Wildman–Crippen MR) is 63.1 cm³/mol. The van der Waals surface area contributed by atoms with Crippen molar-refractivity contribution in [1.29, 1.82) is 0 Å². The van der Waals surface area contributed by atoms with Crippen LogP contribution < -0.4 is 10.6 Å².